The molecule has 0 radical (unpaired) electrons. The van der Waals surface area contributed by atoms with E-state index in [9.17, 15) is 4.79 Å². The molecule has 0 fully saturated rings. The van der Waals surface area contributed by atoms with Crippen LogP contribution >= 0.6 is 0 Å². The van der Waals surface area contributed by atoms with Crippen molar-refractivity contribution in [3.63, 3.8) is 0 Å². The van der Waals surface area contributed by atoms with E-state index in [0.29, 0.717) is 0 Å². The summed E-state index contributed by atoms with van der Waals surface area (Å²) in [6, 6.07) is 13.4. The number of hydrogen-bond acceptors (Lipinski definition) is 3. The van der Waals surface area contributed by atoms with Crippen LogP contribution in [0.2, 0.25) is 0 Å². The van der Waals surface area contributed by atoms with Gasteiger partial charge in [0.25, 0.3) is 0 Å². The molecule has 0 aliphatic heterocycles. The summed E-state index contributed by atoms with van der Waals surface area (Å²) in [6.07, 6.45) is 0. The molecule has 0 aromatic heterocycles. The number of nitrogens with one attached hydrogen (secondary N) is 2. The van der Waals surface area contributed by atoms with E-state index < -0.39 is 0 Å². The highest BCUT2D eigenvalue weighted by Crippen LogP contribution is 2.18. The van der Waals surface area contributed by atoms with E-state index >= 15 is 0 Å². The van der Waals surface area contributed by atoms with Gasteiger partial charge in [0, 0.05) is 17.4 Å². The van der Waals surface area contributed by atoms with Crippen LogP contribution < -0.4 is 15.4 Å². The lowest BCUT2D eigenvalue weighted by molar-refractivity contribution is -0.114. The third-order valence-electron chi connectivity index (χ3n) is 3.40. The standard InChI is InChI=1S/C17H20N2O2/c1-12-6-4-9-16(13(12)2)19-17(20)11-18-14-7-5-8-15(10-14)21-3/h4-10,18H,11H2,1-3H3,(H,19,20). The molecule has 110 valence electrons. The number of carbonyl (C=O) groups excluding carboxylic acids is 1. The molecule has 0 unspecified atom stereocenters. The normalized spacial score (nSPS) is 10.0. The molecule has 4 nitrogen and oxygen atoms in total. The molecule has 2 N–H and O–H groups in total. The maximum Gasteiger partial charge on any atom is 0.243 e. The fraction of sp³-hybridized carbons (Fsp3) is 0.235. The Bertz CT molecular complexity index is 638. The topological polar surface area (TPSA) is 50.4 Å². The number of anilines is 2. The minimum atomic E-state index is -0.0773. The number of aryl methyl sites for hydroxylation is 1. The average Bonchev–Trinajstić information content (AvgIpc) is 2.50. The Morgan fingerprint density at radius 2 is 1.90 bits per heavy atom. The monoisotopic (exact) mass is 284 g/mol. The molecule has 2 aromatic rings. The zero-order valence-corrected chi connectivity index (χ0v) is 12.6. The van der Waals surface area contributed by atoms with Gasteiger partial charge in [0.05, 0.1) is 13.7 Å². The van der Waals surface area contributed by atoms with E-state index in [-0.39, 0.29) is 12.5 Å². The van der Waals surface area contributed by atoms with Crippen molar-refractivity contribution in [2.75, 3.05) is 24.3 Å². The predicted octanol–water partition coefficient (Wildman–Crippen LogP) is 3.36. The minimum Gasteiger partial charge on any atom is -0.497 e. The summed E-state index contributed by atoms with van der Waals surface area (Å²) in [5.41, 5.74) is 3.96. The quantitative estimate of drug-likeness (QED) is 0.885. The molecule has 2 aromatic carbocycles. The summed E-state index contributed by atoms with van der Waals surface area (Å²) < 4.78 is 5.15. The molecule has 4 heteroatoms. The fourth-order valence-corrected chi connectivity index (χ4v) is 2.00. The molecule has 0 saturated carbocycles. The number of hydrogen-bond donors (Lipinski definition) is 2. The molecule has 0 spiro atoms. The molecule has 0 bridgehead atoms. The lowest BCUT2D eigenvalue weighted by Gasteiger charge is -2.11. The lowest BCUT2D eigenvalue weighted by atomic mass is 10.1. The van der Waals surface area contributed by atoms with Gasteiger partial charge >= 0.3 is 0 Å². The fourth-order valence-electron chi connectivity index (χ4n) is 2.00. The Morgan fingerprint density at radius 1 is 1.14 bits per heavy atom. The second kappa shape index (κ2) is 6.79. The number of benzene rings is 2. The highest BCUT2D eigenvalue weighted by atomic mass is 16.5. The molecule has 0 heterocycles. The van der Waals surface area contributed by atoms with Crippen LogP contribution in [0.15, 0.2) is 42.5 Å². The van der Waals surface area contributed by atoms with Gasteiger partial charge in [-0.25, -0.2) is 0 Å². The first-order chi connectivity index (χ1) is 10.1. The Hall–Kier alpha value is -2.49. The van der Waals surface area contributed by atoms with Crippen molar-refractivity contribution in [1.29, 1.82) is 0 Å². The van der Waals surface area contributed by atoms with E-state index in [1.54, 1.807) is 7.11 Å². The third-order valence-corrected chi connectivity index (χ3v) is 3.40. The van der Waals surface area contributed by atoms with Crippen molar-refractivity contribution in [3.8, 4) is 5.75 Å². The zero-order valence-electron chi connectivity index (χ0n) is 12.6. The van der Waals surface area contributed by atoms with Crippen LogP contribution in [0.4, 0.5) is 11.4 Å². The van der Waals surface area contributed by atoms with Crippen LogP contribution in [0.3, 0.4) is 0 Å². The second-order valence-electron chi connectivity index (χ2n) is 4.88. The molecular formula is C17H20N2O2. The van der Waals surface area contributed by atoms with Crippen LogP contribution in [0.5, 0.6) is 5.75 Å². The smallest absolute Gasteiger partial charge is 0.243 e. The molecular weight excluding hydrogens is 264 g/mol. The number of amides is 1. The van der Waals surface area contributed by atoms with Crippen LogP contribution in [0, 0.1) is 13.8 Å². The minimum absolute atomic E-state index is 0.0773. The van der Waals surface area contributed by atoms with Crippen molar-refractivity contribution in [1.82, 2.24) is 0 Å². The maximum atomic E-state index is 12.0. The van der Waals surface area contributed by atoms with E-state index in [1.165, 1.54) is 0 Å². The van der Waals surface area contributed by atoms with Gasteiger partial charge in [0.1, 0.15) is 5.75 Å². The van der Waals surface area contributed by atoms with Gasteiger partial charge in [-0.1, -0.05) is 18.2 Å². The Balaban J connectivity index is 1.94. The molecule has 2 rings (SSSR count). The Kier molecular flexibility index (Phi) is 4.82. The van der Waals surface area contributed by atoms with Crippen molar-refractivity contribution < 1.29 is 9.53 Å². The summed E-state index contributed by atoms with van der Waals surface area (Å²) in [6.45, 7) is 4.24. The number of methoxy groups -OCH3 is 1. The Labute approximate surface area is 125 Å². The predicted molar refractivity (Wildman–Crippen MR) is 86.0 cm³/mol. The van der Waals surface area contributed by atoms with E-state index in [2.05, 4.69) is 10.6 Å². The summed E-state index contributed by atoms with van der Waals surface area (Å²) in [7, 11) is 1.62. The van der Waals surface area contributed by atoms with E-state index in [0.717, 1.165) is 28.3 Å². The molecule has 1 amide bonds. The van der Waals surface area contributed by atoms with Gasteiger partial charge in [-0.2, -0.15) is 0 Å². The zero-order chi connectivity index (χ0) is 15.2. The molecule has 0 atom stereocenters. The number of ether oxygens (including phenoxy) is 1. The van der Waals surface area contributed by atoms with Crippen LogP contribution in [-0.4, -0.2) is 19.6 Å². The molecule has 21 heavy (non-hydrogen) atoms. The van der Waals surface area contributed by atoms with Crippen molar-refractivity contribution in [3.05, 3.63) is 53.6 Å². The van der Waals surface area contributed by atoms with Crippen LogP contribution in [0.1, 0.15) is 11.1 Å². The first-order valence-corrected chi connectivity index (χ1v) is 6.84. The summed E-state index contributed by atoms with van der Waals surface area (Å²) in [5, 5.41) is 6.00. The summed E-state index contributed by atoms with van der Waals surface area (Å²) in [4.78, 5) is 12.0. The van der Waals surface area contributed by atoms with Crippen molar-refractivity contribution in [2.45, 2.75) is 13.8 Å². The number of carbonyl (C=O) groups is 1. The van der Waals surface area contributed by atoms with Crippen molar-refractivity contribution >= 4 is 17.3 Å². The molecule has 0 aliphatic rings. The van der Waals surface area contributed by atoms with Gasteiger partial charge in [-0.3, -0.25) is 4.79 Å². The highest BCUT2D eigenvalue weighted by molar-refractivity contribution is 5.94. The van der Waals surface area contributed by atoms with E-state index in [1.807, 2.05) is 56.3 Å². The van der Waals surface area contributed by atoms with Gasteiger partial charge in [-0.05, 0) is 43.2 Å². The van der Waals surface area contributed by atoms with Crippen LogP contribution in [-0.2, 0) is 4.79 Å². The lowest BCUT2D eigenvalue weighted by Crippen LogP contribution is -2.22. The van der Waals surface area contributed by atoms with Crippen LogP contribution in [0.25, 0.3) is 0 Å². The SMILES string of the molecule is COc1cccc(NCC(=O)Nc2cccc(C)c2C)c1. The van der Waals surface area contributed by atoms with Gasteiger partial charge in [0.15, 0.2) is 0 Å². The Morgan fingerprint density at radius 3 is 2.67 bits per heavy atom. The summed E-state index contributed by atoms with van der Waals surface area (Å²) >= 11 is 0. The van der Waals surface area contributed by atoms with Crippen molar-refractivity contribution in [2.24, 2.45) is 0 Å². The van der Waals surface area contributed by atoms with Gasteiger partial charge < -0.3 is 15.4 Å². The first kappa shape index (κ1) is 14.9. The average molecular weight is 284 g/mol. The third kappa shape index (κ3) is 3.99. The molecule has 0 aliphatic carbocycles. The maximum absolute atomic E-state index is 12.0. The first-order valence-electron chi connectivity index (χ1n) is 6.84. The van der Waals surface area contributed by atoms with Gasteiger partial charge in [-0.15, -0.1) is 0 Å². The number of rotatable bonds is 5. The largest absolute Gasteiger partial charge is 0.497 e. The van der Waals surface area contributed by atoms with E-state index in [4.69, 9.17) is 4.74 Å². The van der Waals surface area contributed by atoms with Gasteiger partial charge in [0.2, 0.25) is 5.91 Å². The molecule has 0 saturated heterocycles. The second-order valence-corrected chi connectivity index (χ2v) is 4.88. The highest BCUT2D eigenvalue weighted by Gasteiger charge is 2.06. The summed E-state index contributed by atoms with van der Waals surface area (Å²) in [5.74, 6) is 0.682.